The van der Waals surface area contributed by atoms with Crippen LogP contribution in [0.15, 0.2) is 42.5 Å². The summed E-state index contributed by atoms with van der Waals surface area (Å²) in [4.78, 5) is 10.8. The summed E-state index contributed by atoms with van der Waals surface area (Å²) in [6.45, 7) is 0. The van der Waals surface area contributed by atoms with E-state index in [0.717, 1.165) is 5.56 Å². The highest BCUT2D eigenvalue weighted by Crippen LogP contribution is 2.26. The lowest BCUT2D eigenvalue weighted by Gasteiger charge is -2.07. The van der Waals surface area contributed by atoms with Crippen molar-refractivity contribution in [2.24, 2.45) is 0 Å². The quantitative estimate of drug-likeness (QED) is 0.781. The van der Waals surface area contributed by atoms with Crippen LogP contribution in [0.2, 0.25) is 0 Å². The summed E-state index contributed by atoms with van der Waals surface area (Å²) in [6.07, 6.45) is 0. The predicted octanol–water partition coefficient (Wildman–Crippen LogP) is 2.77. The van der Waals surface area contributed by atoms with Crippen molar-refractivity contribution in [3.05, 3.63) is 53.8 Å². The van der Waals surface area contributed by atoms with Crippen molar-refractivity contribution in [3.63, 3.8) is 0 Å². The molecule has 0 aliphatic heterocycles. The second kappa shape index (κ2) is 4.25. The Morgan fingerprint density at radius 3 is 2.29 bits per heavy atom. The molecule has 4 heteroatoms. The fraction of sp³-hybridized carbons (Fsp3) is 0. The maximum Gasteiger partial charge on any atom is 0.340 e. The van der Waals surface area contributed by atoms with Crippen LogP contribution in [-0.4, -0.2) is 11.1 Å². The molecule has 0 radical (unpaired) electrons. The highest BCUT2D eigenvalue weighted by Gasteiger charge is 2.15. The van der Waals surface area contributed by atoms with E-state index in [4.69, 9.17) is 10.8 Å². The molecular weight excluding hydrogens is 221 g/mol. The van der Waals surface area contributed by atoms with E-state index in [-0.39, 0.29) is 5.69 Å². The Bertz CT molecular complexity index is 544. The van der Waals surface area contributed by atoms with E-state index in [1.54, 1.807) is 12.1 Å². The zero-order valence-electron chi connectivity index (χ0n) is 8.85. The average molecular weight is 231 g/mol. The average Bonchev–Trinajstić information content (AvgIpc) is 2.28. The van der Waals surface area contributed by atoms with E-state index >= 15 is 0 Å². The van der Waals surface area contributed by atoms with Crippen LogP contribution in [0, 0.1) is 5.82 Å². The molecule has 3 N–H and O–H groups in total. The van der Waals surface area contributed by atoms with Crippen molar-refractivity contribution in [1.82, 2.24) is 0 Å². The minimum atomic E-state index is -1.36. The molecule has 3 nitrogen and oxygen atoms in total. The molecule has 0 unspecified atom stereocenters. The zero-order valence-corrected chi connectivity index (χ0v) is 8.85. The van der Waals surface area contributed by atoms with E-state index < -0.39 is 17.3 Å². The SMILES string of the molecule is Nc1cc(-c2ccccc2)cc(F)c1C(=O)O. The second-order valence-corrected chi connectivity index (χ2v) is 3.59. The van der Waals surface area contributed by atoms with Gasteiger partial charge < -0.3 is 10.8 Å². The van der Waals surface area contributed by atoms with Gasteiger partial charge >= 0.3 is 5.97 Å². The predicted molar refractivity (Wildman–Crippen MR) is 63.2 cm³/mol. The largest absolute Gasteiger partial charge is 0.478 e. The Balaban J connectivity index is 2.57. The minimum absolute atomic E-state index is 0.0728. The maximum atomic E-state index is 13.6. The zero-order chi connectivity index (χ0) is 12.4. The smallest absolute Gasteiger partial charge is 0.340 e. The Kier molecular flexibility index (Phi) is 2.78. The van der Waals surface area contributed by atoms with Crippen LogP contribution in [0.25, 0.3) is 11.1 Å². The molecule has 2 aromatic rings. The lowest BCUT2D eigenvalue weighted by Crippen LogP contribution is -2.06. The first kappa shape index (κ1) is 11.1. The van der Waals surface area contributed by atoms with E-state index in [9.17, 15) is 9.18 Å². The first-order valence-electron chi connectivity index (χ1n) is 4.97. The van der Waals surface area contributed by atoms with Crippen molar-refractivity contribution in [1.29, 1.82) is 0 Å². The monoisotopic (exact) mass is 231 g/mol. The molecule has 86 valence electrons. The Morgan fingerprint density at radius 1 is 1.12 bits per heavy atom. The van der Waals surface area contributed by atoms with Crippen molar-refractivity contribution < 1.29 is 14.3 Å². The molecule has 17 heavy (non-hydrogen) atoms. The van der Waals surface area contributed by atoms with E-state index in [1.807, 2.05) is 18.2 Å². The molecule has 0 atom stereocenters. The molecule has 0 bridgehead atoms. The van der Waals surface area contributed by atoms with E-state index in [0.29, 0.717) is 5.56 Å². The van der Waals surface area contributed by atoms with Gasteiger partial charge in [0.25, 0.3) is 0 Å². The third-order valence-electron chi connectivity index (χ3n) is 2.44. The molecule has 2 aromatic carbocycles. The molecule has 0 spiro atoms. The molecule has 0 saturated heterocycles. The minimum Gasteiger partial charge on any atom is -0.478 e. The van der Waals surface area contributed by atoms with Crippen LogP contribution in [0.3, 0.4) is 0 Å². The molecular formula is C13H10FNO2. The summed E-state index contributed by atoms with van der Waals surface area (Å²) in [5, 5.41) is 8.79. The van der Waals surface area contributed by atoms with E-state index in [2.05, 4.69) is 0 Å². The molecule has 2 rings (SSSR count). The van der Waals surface area contributed by atoms with Gasteiger partial charge in [-0.05, 0) is 23.3 Å². The summed E-state index contributed by atoms with van der Waals surface area (Å²) in [5.74, 6) is -2.18. The number of hydrogen-bond donors (Lipinski definition) is 2. The first-order chi connectivity index (χ1) is 8.09. The van der Waals surface area contributed by atoms with Gasteiger partial charge in [-0.3, -0.25) is 0 Å². The lowest BCUT2D eigenvalue weighted by molar-refractivity contribution is 0.0693. The Labute approximate surface area is 97.3 Å². The van der Waals surface area contributed by atoms with Crippen molar-refractivity contribution in [2.45, 2.75) is 0 Å². The highest BCUT2D eigenvalue weighted by molar-refractivity contribution is 5.95. The Hall–Kier alpha value is -2.36. The maximum absolute atomic E-state index is 13.6. The van der Waals surface area contributed by atoms with Gasteiger partial charge in [0, 0.05) is 5.69 Å². The fourth-order valence-electron chi connectivity index (χ4n) is 1.65. The van der Waals surface area contributed by atoms with Crippen LogP contribution in [0.4, 0.5) is 10.1 Å². The molecule has 0 aromatic heterocycles. The highest BCUT2D eigenvalue weighted by atomic mass is 19.1. The number of hydrogen-bond acceptors (Lipinski definition) is 2. The van der Waals surface area contributed by atoms with Crippen LogP contribution in [-0.2, 0) is 0 Å². The fourth-order valence-corrected chi connectivity index (χ4v) is 1.65. The van der Waals surface area contributed by atoms with Gasteiger partial charge in [-0.2, -0.15) is 0 Å². The number of rotatable bonds is 2. The number of anilines is 1. The molecule has 0 aliphatic carbocycles. The van der Waals surface area contributed by atoms with Crippen molar-refractivity contribution in [2.75, 3.05) is 5.73 Å². The third kappa shape index (κ3) is 2.10. The van der Waals surface area contributed by atoms with Gasteiger partial charge in [-0.1, -0.05) is 30.3 Å². The number of carbonyl (C=O) groups is 1. The summed E-state index contributed by atoms with van der Waals surface area (Å²) in [6, 6.07) is 11.7. The number of carboxylic acid groups (broad SMARTS) is 1. The van der Waals surface area contributed by atoms with Gasteiger partial charge in [0.05, 0.1) is 0 Å². The van der Waals surface area contributed by atoms with E-state index in [1.165, 1.54) is 12.1 Å². The molecule has 0 saturated carbocycles. The molecule has 0 heterocycles. The van der Waals surface area contributed by atoms with Crippen LogP contribution >= 0.6 is 0 Å². The lowest BCUT2D eigenvalue weighted by atomic mass is 10.0. The molecule has 0 amide bonds. The summed E-state index contributed by atoms with van der Waals surface area (Å²) < 4.78 is 13.6. The van der Waals surface area contributed by atoms with Crippen molar-refractivity contribution >= 4 is 11.7 Å². The summed E-state index contributed by atoms with van der Waals surface area (Å²) >= 11 is 0. The number of halogens is 1. The van der Waals surface area contributed by atoms with Crippen LogP contribution < -0.4 is 5.73 Å². The number of benzene rings is 2. The Morgan fingerprint density at radius 2 is 1.76 bits per heavy atom. The summed E-state index contributed by atoms with van der Waals surface area (Å²) in [7, 11) is 0. The second-order valence-electron chi connectivity index (χ2n) is 3.59. The number of nitrogen functional groups attached to an aromatic ring is 1. The summed E-state index contributed by atoms with van der Waals surface area (Å²) in [5.41, 5.74) is 6.33. The van der Waals surface area contributed by atoms with Crippen LogP contribution in [0.1, 0.15) is 10.4 Å². The van der Waals surface area contributed by atoms with Gasteiger partial charge in [-0.25, -0.2) is 9.18 Å². The molecule has 0 aliphatic rings. The first-order valence-corrected chi connectivity index (χ1v) is 4.97. The number of carboxylic acids is 1. The van der Waals surface area contributed by atoms with Crippen LogP contribution in [0.5, 0.6) is 0 Å². The standard InChI is InChI=1S/C13H10FNO2/c14-10-6-9(8-4-2-1-3-5-8)7-11(15)12(10)13(16)17/h1-7H,15H2,(H,16,17). The number of aromatic carboxylic acids is 1. The van der Waals surface area contributed by atoms with Crippen molar-refractivity contribution in [3.8, 4) is 11.1 Å². The van der Waals surface area contributed by atoms with Gasteiger partial charge in [0.2, 0.25) is 0 Å². The molecule has 0 fully saturated rings. The van der Waals surface area contributed by atoms with Gasteiger partial charge in [0.15, 0.2) is 0 Å². The van der Waals surface area contributed by atoms with Gasteiger partial charge in [0.1, 0.15) is 11.4 Å². The topological polar surface area (TPSA) is 63.3 Å². The normalized spacial score (nSPS) is 10.2. The third-order valence-corrected chi connectivity index (χ3v) is 2.44. The van der Waals surface area contributed by atoms with Gasteiger partial charge in [-0.15, -0.1) is 0 Å². The number of nitrogens with two attached hydrogens (primary N) is 1.